The number of H-pyrrole nitrogens is 4. The van der Waals surface area contributed by atoms with E-state index in [1.54, 1.807) is 24.8 Å². The van der Waals surface area contributed by atoms with Gasteiger partial charge in [-0.15, -0.1) is 0 Å². The molecule has 0 radical (unpaired) electrons. The number of alkyl halides is 12. The van der Waals surface area contributed by atoms with Crippen LogP contribution >= 0.6 is 0 Å². The fourth-order valence-corrected chi connectivity index (χ4v) is 4.22. The van der Waals surface area contributed by atoms with Crippen LogP contribution < -0.4 is 10.2 Å². The quantitative estimate of drug-likeness (QED) is 0.420. The average molecular weight is 700 g/mol. The molecule has 0 aromatic carbocycles. The Bertz CT molecular complexity index is 1200. The van der Waals surface area contributed by atoms with E-state index >= 15 is 0 Å². The van der Waals surface area contributed by atoms with Crippen molar-refractivity contribution in [1.29, 1.82) is 0 Å². The molecule has 2 aromatic heterocycles. The number of nitrogens with zero attached hydrogens (tertiary/aromatic N) is 4. The molecule has 0 spiro atoms. The first-order valence-corrected chi connectivity index (χ1v) is 13.6. The van der Waals surface area contributed by atoms with Crippen molar-refractivity contribution in [3.8, 4) is 0 Å². The predicted octanol–water partition coefficient (Wildman–Crippen LogP) is 0.566. The molecule has 0 aliphatic heterocycles. The second-order valence-electron chi connectivity index (χ2n) is 5.23. The molecule has 2 rings (SSSR count). The van der Waals surface area contributed by atoms with Crippen LogP contribution in [0.15, 0.2) is 24.8 Å². The minimum absolute atomic E-state index is 0.778. The van der Waals surface area contributed by atoms with Crippen molar-refractivity contribution in [3.63, 3.8) is 0 Å². The molecule has 236 valence electrons. The molecule has 0 unspecified atom stereocenters. The van der Waals surface area contributed by atoms with E-state index < -0.39 is 62.1 Å². The van der Waals surface area contributed by atoms with E-state index in [1.807, 2.05) is 0 Å². The van der Waals surface area contributed by atoms with Gasteiger partial charge in [-0.05, 0) is 0 Å². The van der Waals surface area contributed by atoms with Gasteiger partial charge in [0.2, 0.25) is 12.4 Å². The number of aromatic nitrogens is 6. The predicted molar refractivity (Wildman–Crippen MR) is 96.9 cm³/mol. The highest BCUT2D eigenvalue weighted by molar-refractivity contribution is 8.13. The van der Waals surface area contributed by atoms with E-state index in [-0.39, 0.29) is 0 Å². The molecule has 32 heteroatoms. The molecule has 0 aliphatic rings. The fraction of sp³-hybridized carbons (Fsp3) is 0.500. The van der Waals surface area contributed by atoms with Crippen LogP contribution in [0, 0.1) is 0 Å². The summed E-state index contributed by atoms with van der Waals surface area (Å²) in [5.74, 6) is 0. The van der Waals surface area contributed by atoms with E-state index in [1.165, 1.54) is 0 Å². The Morgan fingerprint density at radius 1 is 0.475 bits per heavy atom. The van der Waals surface area contributed by atoms with Crippen molar-refractivity contribution in [2.24, 2.45) is 0 Å². The van der Waals surface area contributed by atoms with Crippen molar-refractivity contribution in [2.75, 3.05) is 0 Å². The minimum Gasteiger partial charge on any atom is -0.421 e. The van der Waals surface area contributed by atoms with E-state index in [2.05, 4.69) is 30.8 Å². The van der Waals surface area contributed by atoms with E-state index in [0.717, 1.165) is 8.25 Å². The molecule has 16 nitrogen and oxygen atoms in total. The van der Waals surface area contributed by atoms with E-state index in [9.17, 15) is 86.4 Å². The maximum atomic E-state index is 11.4. The van der Waals surface area contributed by atoms with Gasteiger partial charge >= 0.3 is 22.0 Å². The van der Waals surface area contributed by atoms with Crippen LogP contribution in [0.1, 0.15) is 0 Å². The van der Waals surface area contributed by atoms with Gasteiger partial charge < -0.3 is 8.25 Å². The maximum absolute atomic E-state index is 11.4. The number of rotatable bonds is 4. The van der Waals surface area contributed by atoms with Crippen molar-refractivity contribution < 1.29 is 96.6 Å². The van der Waals surface area contributed by atoms with Gasteiger partial charge in [-0.1, -0.05) is 10.4 Å². The number of sulfonamides is 4. The van der Waals surface area contributed by atoms with Gasteiger partial charge in [0.15, 0.2) is 52.5 Å². The molecular formula is C8H8F12N8O8S4. The summed E-state index contributed by atoms with van der Waals surface area (Å²) >= 11 is 0. The number of hydrogen-bond donors (Lipinski definition) is 2. The Morgan fingerprint density at radius 2 is 0.675 bits per heavy atom. The normalized spacial score (nSPS) is 13.5. The molecule has 0 fully saturated rings. The van der Waals surface area contributed by atoms with Crippen LogP contribution in [0.3, 0.4) is 0 Å². The molecule has 0 saturated carbocycles. The summed E-state index contributed by atoms with van der Waals surface area (Å²) < 4.78 is 218. The standard InChI is InChI=1S/2C2F6NO4S2.2C2H3N3/c2*3-1(4,5)14(10,11)9-15(12,13)2(6,7)8;2*1-2-4-5-3-1/h;;2*1-2H,(H,3,4,5)/q2*-1;;/p+2. The number of halogens is 12. The monoisotopic (exact) mass is 700 g/mol. The Hall–Kier alpha value is -2.84. The second-order valence-corrected chi connectivity index (χ2v) is 12.1. The lowest BCUT2D eigenvalue weighted by Crippen LogP contribution is -2.30. The van der Waals surface area contributed by atoms with Crippen LogP contribution in [-0.2, 0) is 40.1 Å². The Kier molecular flexibility index (Phi) is 13.4. The van der Waals surface area contributed by atoms with Gasteiger partial charge in [0.25, 0.3) is 0 Å². The lowest BCUT2D eigenvalue weighted by atomic mass is 11.0. The summed E-state index contributed by atoms with van der Waals surface area (Å²) in [6, 6.07) is 0. The van der Waals surface area contributed by atoms with Gasteiger partial charge in [0, 0.05) is 10.2 Å². The molecular weight excluding hydrogens is 692 g/mol. The van der Waals surface area contributed by atoms with Gasteiger partial charge in [-0.2, -0.15) is 62.9 Å². The third kappa shape index (κ3) is 13.5. The summed E-state index contributed by atoms with van der Waals surface area (Å²) in [6.07, 6.45) is 6.69. The van der Waals surface area contributed by atoms with Gasteiger partial charge in [-0.3, -0.25) is 0 Å². The molecule has 0 bridgehead atoms. The van der Waals surface area contributed by atoms with E-state index in [4.69, 9.17) is 0 Å². The largest absolute Gasteiger partial charge is 0.480 e. The summed E-state index contributed by atoms with van der Waals surface area (Å²) in [5.41, 5.74) is -24.8. The van der Waals surface area contributed by atoms with E-state index in [0.29, 0.717) is 0 Å². The Labute approximate surface area is 212 Å². The molecule has 0 amide bonds. The van der Waals surface area contributed by atoms with Crippen molar-refractivity contribution in [1.82, 2.24) is 20.6 Å². The first-order valence-electron chi connectivity index (χ1n) is 7.86. The molecule has 2 aromatic rings. The van der Waals surface area contributed by atoms with Crippen LogP contribution in [-0.4, -0.2) is 76.3 Å². The summed E-state index contributed by atoms with van der Waals surface area (Å²) in [7, 11) is -26.9. The molecule has 0 saturated heterocycles. The van der Waals surface area contributed by atoms with Gasteiger partial charge in [0.1, 0.15) is 0 Å². The van der Waals surface area contributed by atoms with Crippen molar-refractivity contribution in [2.45, 2.75) is 22.0 Å². The van der Waals surface area contributed by atoms with Crippen LogP contribution in [0.25, 0.3) is 8.25 Å². The highest BCUT2D eigenvalue weighted by atomic mass is 32.3. The van der Waals surface area contributed by atoms with Crippen LogP contribution in [0.2, 0.25) is 0 Å². The fourth-order valence-electron chi connectivity index (χ4n) is 0.800. The number of hydrogen-bond acceptors (Lipinski definition) is 10. The second kappa shape index (κ2) is 13.7. The molecule has 0 atom stereocenters. The first kappa shape index (κ1) is 39.3. The third-order valence-electron chi connectivity index (χ3n) is 2.29. The SMILES string of the molecule is O=S(=O)([N-]S(=O)(=O)C(F)(F)F)C(F)(F)F.O=S(=O)([N-]S(=O)(=O)C(F)(F)F)C(F)(F)F.c1c[nH+][nH]n1.c1c[nH+][nH]n1. The molecule has 40 heavy (non-hydrogen) atoms. The lowest BCUT2D eigenvalue weighted by molar-refractivity contribution is -0.455. The third-order valence-corrected chi connectivity index (χ3v) is 7.77. The minimum atomic E-state index is -6.72. The van der Waals surface area contributed by atoms with Gasteiger partial charge in [-0.25, -0.2) is 33.7 Å². The van der Waals surface area contributed by atoms with Crippen LogP contribution in [0.5, 0.6) is 0 Å². The Morgan fingerprint density at radius 3 is 0.750 bits per heavy atom. The first-order chi connectivity index (χ1) is 17.4. The zero-order valence-electron chi connectivity index (χ0n) is 17.5. The topological polar surface area (TPSA) is 250 Å². The highest BCUT2D eigenvalue weighted by Crippen LogP contribution is 2.37. The maximum Gasteiger partial charge on any atom is 0.480 e. The van der Waals surface area contributed by atoms with Crippen molar-refractivity contribution >= 4 is 40.1 Å². The zero-order chi connectivity index (χ0) is 32.5. The van der Waals surface area contributed by atoms with Crippen LogP contribution in [0.4, 0.5) is 52.7 Å². The lowest BCUT2D eigenvalue weighted by Gasteiger charge is -2.22. The molecule has 2 heterocycles. The van der Waals surface area contributed by atoms with Gasteiger partial charge in [0.05, 0.1) is 0 Å². The zero-order valence-corrected chi connectivity index (χ0v) is 20.8. The Balaban J connectivity index is 0. The smallest absolute Gasteiger partial charge is 0.421 e. The molecule has 0 aliphatic carbocycles. The summed E-state index contributed by atoms with van der Waals surface area (Å²) in [5, 5.41) is 17.3. The summed E-state index contributed by atoms with van der Waals surface area (Å²) in [4.78, 5) is 0. The van der Waals surface area contributed by atoms with Crippen molar-refractivity contribution in [3.05, 3.63) is 33.0 Å². The number of aromatic amines is 4. The average Bonchev–Trinajstić information content (AvgIpc) is 3.43. The summed E-state index contributed by atoms with van der Waals surface area (Å²) in [6.45, 7) is 0. The highest BCUT2D eigenvalue weighted by Gasteiger charge is 2.48. The number of nitrogens with one attached hydrogen (secondary N) is 4. The molecule has 4 N–H and O–H groups in total.